The highest BCUT2D eigenvalue weighted by Crippen LogP contribution is 2.20. The third-order valence-corrected chi connectivity index (χ3v) is 7.37. The van der Waals surface area contributed by atoms with Crippen molar-refractivity contribution < 1.29 is 29.1 Å². The zero-order valence-electron chi connectivity index (χ0n) is 25.3. The molecule has 0 unspecified atom stereocenters. The highest BCUT2D eigenvalue weighted by molar-refractivity contribution is 6.31. The number of anilines is 2. The SMILES string of the molecule is C1=CCC=CC1.CO.Clc1nccnc1NC1CCN(Cc2ccccc2)CC1.O=c1[nH]ccnc1NC1CCNCC1.[I-]. The minimum Gasteiger partial charge on any atom is -1.00 e. The van der Waals surface area contributed by atoms with Crippen LogP contribution in [0.4, 0.5) is 11.6 Å². The van der Waals surface area contributed by atoms with Crippen molar-refractivity contribution in [2.24, 2.45) is 0 Å². The fourth-order valence-electron chi connectivity index (χ4n) is 4.84. The van der Waals surface area contributed by atoms with Gasteiger partial charge in [0, 0.05) is 63.6 Å². The van der Waals surface area contributed by atoms with Gasteiger partial charge in [-0.25, -0.2) is 15.0 Å². The van der Waals surface area contributed by atoms with Crippen molar-refractivity contribution in [3.63, 3.8) is 0 Å². The van der Waals surface area contributed by atoms with E-state index in [2.05, 4.69) is 95.4 Å². The molecule has 12 heteroatoms. The van der Waals surface area contributed by atoms with Gasteiger partial charge in [0.2, 0.25) is 0 Å². The lowest BCUT2D eigenvalue weighted by atomic mass is 10.0. The van der Waals surface area contributed by atoms with Crippen molar-refractivity contribution in [2.45, 2.75) is 57.2 Å². The molecule has 3 aliphatic rings. The third-order valence-electron chi connectivity index (χ3n) is 7.10. The Hall–Kier alpha value is -2.84. The predicted molar refractivity (Wildman–Crippen MR) is 175 cm³/mol. The number of aromatic nitrogens is 4. The smallest absolute Gasteiger partial charge is 0.290 e. The van der Waals surface area contributed by atoms with Crippen LogP contribution in [0.3, 0.4) is 0 Å². The lowest BCUT2D eigenvalue weighted by Gasteiger charge is -2.32. The molecular weight excluding hydrogens is 691 g/mol. The number of hydrogen-bond donors (Lipinski definition) is 5. The number of aromatic amines is 1. The van der Waals surface area contributed by atoms with Crippen molar-refractivity contribution in [2.75, 3.05) is 43.9 Å². The first-order chi connectivity index (χ1) is 21.2. The minimum atomic E-state index is -0.147. The Bertz CT molecular complexity index is 1260. The molecule has 0 saturated carbocycles. The van der Waals surface area contributed by atoms with Gasteiger partial charge in [0.25, 0.3) is 5.56 Å². The van der Waals surface area contributed by atoms with Gasteiger partial charge in [-0.05, 0) is 57.2 Å². The zero-order chi connectivity index (χ0) is 30.5. The second-order valence-corrected chi connectivity index (χ2v) is 10.6. The van der Waals surface area contributed by atoms with Crippen LogP contribution in [0.15, 0.2) is 84.2 Å². The highest BCUT2D eigenvalue weighted by Gasteiger charge is 2.20. The summed E-state index contributed by atoms with van der Waals surface area (Å²) in [7, 11) is 1.00. The molecule has 5 N–H and O–H groups in total. The monoisotopic (exact) mass is 735 g/mol. The number of piperidine rings is 2. The average Bonchev–Trinajstić information content (AvgIpc) is 3.07. The van der Waals surface area contributed by atoms with Crippen molar-refractivity contribution in [1.82, 2.24) is 30.2 Å². The van der Waals surface area contributed by atoms with E-state index in [9.17, 15) is 4.79 Å². The largest absolute Gasteiger partial charge is 1.00 e. The van der Waals surface area contributed by atoms with Crippen LogP contribution in [0.1, 0.15) is 44.1 Å². The quantitative estimate of drug-likeness (QED) is 0.190. The third kappa shape index (κ3) is 14.3. The van der Waals surface area contributed by atoms with Gasteiger partial charge in [-0.3, -0.25) is 9.69 Å². The lowest BCUT2D eigenvalue weighted by molar-refractivity contribution is -0.00000986. The molecule has 2 aromatic heterocycles. The fraction of sp³-hybridized carbons (Fsp3) is 0.438. The van der Waals surface area contributed by atoms with E-state index in [1.807, 2.05) is 0 Å². The minimum absolute atomic E-state index is 0. The van der Waals surface area contributed by atoms with Gasteiger partial charge in [0.1, 0.15) is 0 Å². The van der Waals surface area contributed by atoms with Gasteiger partial charge >= 0.3 is 0 Å². The highest BCUT2D eigenvalue weighted by atomic mass is 127. The standard InChI is InChI=1S/C16H19ClN4.C9H14N4O.C6H8.CH4O.HI/c17-15-16(19-9-8-18-15)20-14-6-10-21(11-7-14)12-13-4-2-1-3-5-13;14-9-8(11-5-6-12-9)13-7-1-3-10-4-2-7;1-2-4-6-5-3-1;1-2;/h1-5,8-9,14H,6-7,10-12H2,(H,19,20);5-7,10H,1-4H2,(H,11,13)(H,12,14);1-2,5-6H,3-4H2;2H,1H3;1H/p-1. The van der Waals surface area contributed by atoms with Crippen LogP contribution in [0, 0.1) is 0 Å². The van der Waals surface area contributed by atoms with Crippen LogP contribution in [0.25, 0.3) is 0 Å². The summed E-state index contributed by atoms with van der Waals surface area (Å²) in [5.41, 5.74) is 1.23. The number of hydrogen-bond acceptors (Lipinski definition) is 9. The Balaban J connectivity index is 0.000000252. The van der Waals surface area contributed by atoms with E-state index in [-0.39, 0.29) is 29.5 Å². The lowest BCUT2D eigenvalue weighted by Crippen LogP contribution is -3.00. The number of allylic oxidation sites excluding steroid dienone is 4. The number of nitrogens with zero attached hydrogens (tertiary/aromatic N) is 4. The molecule has 6 rings (SSSR count). The van der Waals surface area contributed by atoms with Crippen LogP contribution < -0.4 is 45.5 Å². The average molecular weight is 736 g/mol. The second-order valence-electron chi connectivity index (χ2n) is 10.2. The molecule has 4 heterocycles. The Morgan fingerprint density at radius 2 is 1.41 bits per heavy atom. The Labute approximate surface area is 282 Å². The van der Waals surface area contributed by atoms with Gasteiger partial charge in [0.15, 0.2) is 16.8 Å². The van der Waals surface area contributed by atoms with Crippen LogP contribution in [0.2, 0.25) is 5.15 Å². The topological polar surface area (TPSA) is 131 Å². The molecule has 240 valence electrons. The number of likely N-dealkylation sites (tertiary alicyclic amines) is 1. The molecule has 0 amide bonds. The van der Waals surface area contributed by atoms with Crippen molar-refractivity contribution in [1.29, 1.82) is 0 Å². The molecule has 2 aliphatic heterocycles. The molecule has 0 bridgehead atoms. The summed E-state index contributed by atoms with van der Waals surface area (Å²) >= 11 is 6.03. The summed E-state index contributed by atoms with van der Waals surface area (Å²) in [5, 5.41) is 17.3. The van der Waals surface area contributed by atoms with Gasteiger partial charge < -0.3 is 50.0 Å². The van der Waals surface area contributed by atoms with Crippen molar-refractivity contribution in [3.8, 4) is 0 Å². The fourth-order valence-corrected chi connectivity index (χ4v) is 5.00. The Morgan fingerprint density at radius 1 is 0.841 bits per heavy atom. The van der Waals surface area contributed by atoms with E-state index in [1.165, 1.54) is 11.8 Å². The van der Waals surface area contributed by atoms with E-state index < -0.39 is 0 Å². The summed E-state index contributed by atoms with van der Waals surface area (Å²) in [6.07, 6.45) is 21.7. The molecule has 0 radical (unpaired) electrons. The number of benzene rings is 1. The Kier molecular flexibility index (Phi) is 19.2. The first-order valence-corrected chi connectivity index (χ1v) is 15.3. The van der Waals surface area contributed by atoms with E-state index in [0.717, 1.165) is 78.4 Å². The number of H-pyrrole nitrogens is 1. The number of aliphatic hydroxyl groups is 1. The van der Waals surface area contributed by atoms with E-state index in [4.69, 9.17) is 16.7 Å². The molecule has 10 nitrogen and oxygen atoms in total. The number of rotatable bonds is 6. The van der Waals surface area contributed by atoms with Gasteiger partial charge in [-0.15, -0.1) is 0 Å². The van der Waals surface area contributed by atoms with E-state index in [0.29, 0.717) is 28.9 Å². The molecule has 0 atom stereocenters. The normalized spacial score (nSPS) is 16.4. The maximum atomic E-state index is 11.3. The van der Waals surface area contributed by atoms with Crippen LogP contribution in [-0.4, -0.2) is 75.3 Å². The summed E-state index contributed by atoms with van der Waals surface area (Å²) in [6, 6.07) is 11.4. The molecular formula is C32H45ClIN8O2-. The van der Waals surface area contributed by atoms with Crippen molar-refractivity contribution >= 4 is 23.2 Å². The molecule has 1 aromatic carbocycles. The molecule has 1 aliphatic carbocycles. The number of nitrogens with one attached hydrogen (secondary N) is 4. The molecule has 0 spiro atoms. The maximum absolute atomic E-state index is 11.3. The first kappa shape index (κ1) is 37.3. The van der Waals surface area contributed by atoms with E-state index in [1.54, 1.807) is 18.6 Å². The van der Waals surface area contributed by atoms with E-state index >= 15 is 0 Å². The molecule has 2 fully saturated rings. The van der Waals surface area contributed by atoms with Crippen LogP contribution in [-0.2, 0) is 6.54 Å². The predicted octanol–water partition coefficient (Wildman–Crippen LogP) is 1.65. The van der Waals surface area contributed by atoms with Gasteiger partial charge in [-0.2, -0.15) is 0 Å². The number of halogens is 2. The zero-order valence-corrected chi connectivity index (χ0v) is 28.3. The van der Waals surface area contributed by atoms with Gasteiger partial charge in [-0.1, -0.05) is 66.2 Å². The summed E-state index contributed by atoms with van der Waals surface area (Å²) < 4.78 is 0. The van der Waals surface area contributed by atoms with Crippen LogP contribution in [0.5, 0.6) is 0 Å². The maximum Gasteiger partial charge on any atom is 0.290 e. The Morgan fingerprint density at radius 3 is 2.00 bits per heavy atom. The van der Waals surface area contributed by atoms with Gasteiger partial charge in [0.05, 0.1) is 0 Å². The summed E-state index contributed by atoms with van der Waals surface area (Å²) in [4.78, 5) is 28.7. The molecule has 3 aromatic rings. The van der Waals surface area contributed by atoms with Crippen LogP contribution >= 0.6 is 11.6 Å². The molecule has 44 heavy (non-hydrogen) atoms. The molecule has 2 saturated heterocycles. The summed E-state index contributed by atoms with van der Waals surface area (Å²) in [6.45, 7) is 5.21. The first-order valence-electron chi connectivity index (χ1n) is 14.9. The number of aliphatic hydroxyl groups excluding tert-OH is 1. The second kappa shape index (κ2) is 22.6. The van der Waals surface area contributed by atoms with Crippen molar-refractivity contribution in [3.05, 3.63) is 100 Å². The summed E-state index contributed by atoms with van der Waals surface area (Å²) in [5.74, 6) is 1.13.